The van der Waals surface area contributed by atoms with Crippen molar-refractivity contribution in [3.05, 3.63) is 204 Å². The molecule has 0 atom stereocenters. The van der Waals surface area contributed by atoms with Gasteiger partial charge in [-0.25, -0.2) is 4.98 Å². The number of fused-ring (bicyclic) bond motifs is 16. The number of para-hydroxylation sites is 2. The van der Waals surface area contributed by atoms with Gasteiger partial charge < -0.3 is 4.42 Å². The fourth-order valence-electron chi connectivity index (χ4n) is 9.94. The highest BCUT2D eigenvalue weighted by Crippen LogP contribution is 2.63. The number of hydrogen-bond donors (Lipinski definition) is 0. The zero-order valence-corrected chi connectivity index (χ0v) is 30.5. The quantitative estimate of drug-likeness (QED) is 0.182. The van der Waals surface area contributed by atoms with E-state index in [4.69, 9.17) is 19.4 Å². The lowest BCUT2D eigenvalue weighted by atomic mass is 9.70. The lowest BCUT2D eigenvalue weighted by molar-refractivity contribution is 0.669. The SMILES string of the molecule is c1ccc(-c2nc(-c3ccc4oc5ccccc5c4c3)nc(-n3c4ccccc4c4cc5c(cc43)-c3ccccc3C53c4ccccc4-c4ccccc43)n2)cc1. The first-order valence-corrected chi connectivity index (χ1v) is 19.4. The average Bonchev–Trinajstić information content (AvgIpc) is 3.99. The topological polar surface area (TPSA) is 56.7 Å². The molecule has 3 heterocycles. The molecule has 2 aliphatic carbocycles. The molecular formula is C52H30N4O. The Hall–Kier alpha value is -7.63. The second-order valence-electron chi connectivity index (χ2n) is 15.1. The Morgan fingerprint density at radius 1 is 0.368 bits per heavy atom. The van der Waals surface area contributed by atoms with Gasteiger partial charge in [0.15, 0.2) is 11.6 Å². The Balaban J connectivity index is 1.11. The van der Waals surface area contributed by atoms with Gasteiger partial charge in [-0.2, -0.15) is 9.97 Å². The first kappa shape index (κ1) is 30.7. The lowest BCUT2D eigenvalue weighted by Crippen LogP contribution is -2.25. The van der Waals surface area contributed by atoms with Crippen LogP contribution in [0.1, 0.15) is 22.3 Å². The second kappa shape index (κ2) is 11.2. The Kier molecular flexibility index (Phi) is 6.04. The number of furan rings is 1. The molecule has 1 spiro atoms. The third-order valence-corrected chi connectivity index (χ3v) is 12.3. The van der Waals surface area contributed by atoms with Gasteiger partial charge in [0.25, 0.3) is 0 Å². The maximum atomic E-state index is 6.19. The first-order chi connectivity index (χ1) is 28.3. The van der Waals surface area contributed by atoms with Crippen LogP contribution in [0.4, 0.5) is 0 Å². The van der Waals surface area contributed by atoms with Crippen LogP contribution in [0.5, 0.6) is 0 Å². The summed E-state index contributed by atoms with van der Waals surface area (Å²) in [6.45, 7) is 0. The lowest BCUT2D eigenvalue weighted by Gasteiger charge is -2.30. The monoisotopic (exact) mass is 726 g/mol. The van der Waals surface area contributed by atoms with Crippen LogP contribution in [-0.2, 0) is 5.41 Å². The Morgan fingerprint density at radius 3 is 1.68 bits per heavy atom. The van der Waals surface area contributed by atoms with Gasteiger partial charge in [-0.05, 0) is 87.0 Å². The van der Waals surface area contributed by atoms with E-state index in [0.717, 1.165) is 54.9 Å². The van der Waals surface area contributed by atoms with Crippen LogP contribution in [0.15, 0.2) is 186 Å². The van der Waals surface area contributed by atoms with E-state index >= 15 is 0 Å². The van der Waals surface area contributed by atoms with E-state index in [0.29, 0.717) is 17.6 Å². The minimum atomic E-state index is -0.437. The molecule has 2 aliphatic rings. The molecule has 0 bridgehead atoms. The third-order valence-electron chi connectivity index (χ3n) is 12.3. The van der Waals surface area contributed by atoms with E-state index in [1.54, 1.807) is 0 Å². The summed E-state index contributed by atoms with van der Waals surface area (Å²) >= 11 is 0. The van der Waals surface area contributed by atoms with Gasteiger partial charge in [-0.1, -0.05) is 140 Å². The van der Waals surface area contributed by atoms with Crippen molar-refractivity contribution in [3.63, 3.8) is 0 Å². The summed E-state index contributed by atoms with van der Waals surface area (Å²) in [5.74, 6) is 1.78. The molecule has 57 heavy (non-hydrogen) atoms. The molecule has 0 fully saturated rings. The Labute approximate surface area is 327 Å². The molecule has 0 unspecified atom stereocenters. The number of hydrogen-bond acceptors (Lipinski definition) is 4. The molecule has 0 radical (unpaired) electrons. The van der Waals surface area contributed by atoms with Crippen LogP contribution >= 0.6 is 0 Å². The van der Waals surface area contributed by atoms with Crippen molar-refractivity contribution in [2.45, 2.75) is 5.41 Å². The summed E-state index contributed by atoms with van der Waals surface area (Å²) in [5.41, 5.74) is 15.5. The van der Waals surface area contributed by atoms with E-state index in [-0.39, 0.29) is 0 Å². The Morgan fingerprint density at radius 2 is 0.947 bits per heavy atom. The number of benzene rings is 8. The van der Waals surface area contributed by atoms with Crippen molar-refractivity contribution in [2.24, 2.45) is 0 Å². The molecule has 264 valence electrons. The van der Waals surface area contributed by atoms with Gasteiger partial charge in [0, 0.05) is 32.7 Å². The average molecular weight is 727 g/mol. The fourth-order valence-corrected chi connectivity index (χ4v) is 9.94. The van der Waals surface area contributed by atoms with Crippen LogP contribution in [0, 0.1) is 0 Å². The van der Waals surface area contributed by atoms with E-state index in [1.807, 2.05) is 48.5 Å². The van der Waals surface area contributed by atoms with Gasteiger partial charge in [0.05, 0.1) is 16.4 Å². The molecular weight excluding hydrogens is 697 g/mol. The molecule has 13 rings (SSSR count). The van der Waals surface area contributed by atoms with Crippen LogP contribution in [-0.4, -0.2) is 19.5 Å². The van der Waals surface area contributed by atoms with E-state index < -0.39 is 5.41 Å². The summed E-state index contributed by atoms with van der Waals surface area (Å²) in [6.07, 6.45) is 0. The molecule has 3 aromatic heterocycles. The first-order valence-electron chi connectivity index (χ1n) is 19.4. The number of aromatic nitrogens is 4. The van der Waals surface area contributed by atoms with Crippen molar-refractivity contribution in [1.29, 1.82) is 0 Å². The van der Waals surface area contributed by atoms with Gasteiger partial charge in [-0.3, -0.25) is 4.57 Å². The highest BCUT2D eigenvalue weighted by atomic mass is 16.3. The molecule has 11 aromatic rings. The van der Waals surface area contributed by atoms with Gasteiger partial charge in [0.2, 0.25) is 5.95 Å². The predicted octanol–water partition coefficient (Wildman–Crippen LogP) is 12.5. The summed E-state index contributed by atoms with van der Waals surface area (Å²) in [7, 11) is 0. The standard InChI is InChI=1S/C52H30N4O/c1-2-14-31(15-3-1)49-53-50(32-26-27-48-40(28-32)37-20-8-13-25-47(37)57-48)55-51(54-49)56-45-24-12-7-19-36(45)39-29-44-38(30-46(39)56)35-18-6-11-23-43(35)52(44)41-21-9-4-16-33(41)34-17-5-10-22-42(34)52/h1-30H. The fraction of sp³-hybridized carbons (Fsp3) is 0.0192. The minimum Gasteiger partial charge on any atom is -0.456 e. The van der Waals surface area contributed by atoms with Gasteiger partial charge in [-0.15, -0.1) is 0 Å². The summed E-state index contributed by atoms with van der Waals surface area (Å²) in [4.78, 5) is 15.7. The molecule has 0 saturated carbocycles. The van der Waals surface area contributed by atoms with Crippen LogP contribution < -0.4 is 0 Å². The summed E-state index contributed by atoms with van der Waals surface area (Å²) < 4.78 is 8.43. The molecule has 5 heteroatoms. The van der Waals surface area contributed by atoms with Crippen molar-refractivity contribution < 1.29 is 4.42 Å². The van der Waals surface area contributed by atoms with Gasteiger partial charge >= 0.3 is 0 Å². The zero-order chi connectivity index (χ0) is 37.2. The smallest absolute Gasteiger partial charge is 0.238 e. The van der Waals surface area contributed by atoms with E-state index in [1.165, 1.54) is 44.5 Å². The normalized spacial score (nSPS) is 13.4. The van der Waals surface area contributed by atoms with E-state index in [2.05, 4.69) is 138 Å². The maximum Gasteiger partial charge on any atom is 0.238 e. The molecule has 0 saturated heterocycles. The van der Waals surface area contributed by atoms with Gasteiger partial charge in [0.1, 0.15) is 11.2 Å². The minimum absolute atomic E-state index is 0.437. The van der Waals surface area contributed by atoms with Crippen molar-refractivity contribution in [2.75, 3.05) is 0 Å². The predicted molar refractivity (Wildman–Crippen MR) is 229 cm³/mol. The summed E-state index contributed by atoms with van der Waals surface area (Å²) in [5, 5.41) is 4.40. The molecule has 0 amide bonds. The summed E-state index contributed by atoms with van der Waals surface area (Å²) in [6, 6.07) is 64.9. The highest BCUT2D eigenvalue weighted by Gasteiger charge is 2.51. The Bertz CT molecular complexity index is 3440. The zero-order valence-electron chi connectivity index (χ0n) is 30.5. The maximum absolute atomic E-state index is 6.19. The molecule has 5 nitrogen and oxygen atoms in total. The van der Waals surface area contributed by atoms with Crippen molar-refractivity contribution in [3.8, 4) is 51.0 Å². The van der Waals surface area contributed by atoms with Crippen molar-refractivity contribution in [1.82, 2.24) is 19.5 Å². The molecule has 0 aliphatic heterocycles. The van der Waals surface area contributed by atoms with E-state index in [9.17, 15) is 0 Å². The van der Waals surface area contributed by atoms with Crippen LogP contribution in [0.2, 0.25) is 0 Å². The molecule has 8 aromatic carbocycles. The largest absolute Gasteiger partial charge is 0.456 e. The second-order valence-corrected chi connectivity index (χ2v) is 15.1. The van der Waals surface area contributed by atoms with Crippen molar-refractivity contribution >= 4 is 43.7 Å². The number of rotatable bonds is 3. The van der Waals surface area contributed by atoms with Crippen LogP contribution in [0.25, 0.3) is 94.7 Å². The highest BCUT2D eigenvalue weighted by molar-refractivity contribution is 6.12. The third kappa shape index (κ3) is 4.04. The molecule has 0 N–H and O–H groups in total. The number of nitrogens with zero attached hydrogens (tertiary/aromatic N) is 4. The van der Waals surface area contributed by atoms with Crippen LogP contribution in [0.3, 0.4) is 0 Å².